The SMILES string of the molecule is Nc1cc(Nc2cc(F)nc(F)n2)c(N=Nc2ccc(S(=O)(=O)CCOSOOO)cc2)cc1S(=O)(=O)O. The van der Waals surface area contributed by atoms with Crippen LogP contribution in [0, 0.1) is 12.0 Å². The van der Waals surface area contributed by atoms with Gasteiger partial charge in [0.1, 0.15) is 16.4 Å². The minimum absolute atomic E-state index is 0.0827. The van der Waals surface area contributed by atoms with Crippen LogP contribution in [0.4, 0.5) is 37.3 Å². The van der Waals surface area contributed by atoms with Crippen molar-refractivity contribution in [2.45, 2.75) is 9.79 Å². The molecule has 0 bridgehead atoms. The van der Waals surface area contributed by atoms with Gasteiger partial charge in [-0.25, -0.2) is 13.7 Å². The van der Waals surface area contributed by atoms with Crippen molar-refractivity contribution < 1.29 is 49.0 Å². The van der Waals surface area contributed by atoms with Gasteiger partial charge in [0, 0.05) is 6.07 Å². The van der Waals surface area contributed by atoms with E-state index in [9.17, 15) is 30.2 Å². The number of hydrogen-bond donors (Lipinski definition) is 4. The summed E-state index contributed by atoms with van der Waals surface area (Å²) in [7, 11) is -8.55. The van der Waals surface area contributed by atoms with E-state index in [1.807, 2.05) is 0 Å². The molecule has 2 aromatic carbocycles. The Kier molecular flexibility index (Phi) is 9.56. The van der Waals surface area contributed by atoms with Crippen LogP contribution in [0.3, 0.4) is 0 Å². The van der Waals surface area contributed by atoms with E-state index in [0.717, 1.165) is 18.2 Å². The number of aromatic nitrogens is 2. The zero-order chi connectivity index (χ0) is 27.9. The quantitative estimate of drug-likeness (QED) is 0.0271. The molecule has 0 aliphatic carbocycles. The molecule has 0 spiro atoms. The van der Waals surface area contributed by atoms with Crippen LogP contribution >= 0.6 is 12.3 Å². The molecule has 5 N–H and O–H groups in total. The Balaban J connectivity index is 1.87. The van der Waals surface area contributed by atoms with Crippen molar-refractivity contribution >= 4 is 60.8 Å². The van der Waals surface area contributed by atoms with Crippen molar-refractivity contribution in [2.75, 3.05) is 23.4 Å². The highest BCUT2D eigenvalue weighted by Gasteiger charge is 2.19. The third-order valence-corrected chi connectivity index (χ3v) is 7.33. The second-order valence-corrected chi connectivity index (χ2v) is 10.9. The first kappa shape index (κ1) is 29.2. The van der Waals surface area contributed by atoms with Gasteiger partial charge >= 0.3 is 6.08 Å². The number of rotatable bonds is 12. The molecule has 38 heavy (non-hydrogen) atoms. The van der Waals surface area contributed by atoms with Gasteiger partial charge in [0.15, 0.2) is 22.2 Å². The van der Waals surface area contributed by atoms with Crippen LogP contribution < -0.4 is 11.1 Å². The fraction of sp³-hybridized carbons (Fsp3) is 0.111. The van der Waals surface area contributed by atoms with Gasteiger partial charge in [-0.1, -0.05) is 5.04 Å². The number of halogens is 2. The first-order chi connectivity index (χ1) is 17.9. The number of benzene rings is 2. The minimum Gasteiger partial charge on any atom is -0.398 e. The standard InChI is InChI=1S/C18H16F2N6O9S3/c19-16-9-17(24-18(20)23-16)22-13-7-12(21)15(38(30,31)32)8-14(13)26-25-10-1-3-11(4-2-10)37(28,29)6-5-33-36-35-34-27/h1-4,7-9,27H,5-6,21H2,(H,22,23,24)(H,30,31,32). The van der Waals surface area contributed by atoms with E-state index in [2.05, 4.69) is 34.9 Å². The lowest BCUT2D eigenvalue weighted by atomic mass is 10.2. The topological polar surface area (TPSA) is 225 Å². The summed E-state index contributed by atoms with van der Waals surface area (Å²) in [4.78, 5) is 5.42. The Bertz CT molecular complexity index is 1520. The lowest BCUT2D eigenvalue weighted by Crippen LogP contribution is -2.10. The number of anilines is 3. The zero-order valence-electron chi connectivity index (χ0n) is 18.6. The average molecular weight is 595 g/mol. The summed E-state index contributed by atoms with van der Waals surface area (Å²) in [6, 6.07) is 7.64. The Labute approximate surface area is 217 Å². The molecule has 0 fully saturated rings. The van der Waals surface area contributed by atoms with Crippen molar-refractivity contribution in [3.05, 3.63) is 54.5 Å². The van der Waals surface area contributed by atoms with E-state index >= 15 is 0 Å². The highest BCUT2D eigenvalue weighted by atomic mass is 32.2. The summed E-state index contributed by atoms with van der Waals surface area (Å²) in [5.41, 5.74) is 5.06. The predicted octanol–water partition coefficient (Wildman–Crippen LogP) is 3.52. The number of nitrogens with zero attached hydrogens (tertiary/aromatic N) is 4. The van der Waals surface area contributed by atoms with Crippen LogP contribution in [0.1, 0.15) is 0 Å². The van der Waals surface area contributed by atoms with Crippen molar-refractivity contribution in [1.29, 1.82) is 0 Å². The molecule has 0 aliphatic heterocycles. The molecule has 20 heteroatoms. The molecule has 0 radical (unpaired) electrons. The van der Waals surface area contributed by atoms with Gasteiger partial charge in [0.2, 0.25) is 5.95 Å². The molecule has 1 heterocycles. The fourth-order valence-corrected chi connectivity index (χ4v) is 4.77. The highest BCUT2D eigenvalue weighted by molar-refractivity contribution is 7.91. The van der Waals surface area contributed by atoms with Gasteiger partial charge in [-0.2, -0.15) is 32.3 Å². The van der Waals surface area contributed by atoms with Crippen molar-refractivity contribution in [2.24, 2.45) is 10.2 Å². The highest BCUT2D eigenvalue weighted by Crippen LogP contribution is 2.35. The van der Waals surface area contributed by atoms with Crippen LogP contribution in [0.2, 0.25) is 0 Å². The fourth-order valence-electron chi connectivity index (χ4n) is 2.74. The summed E-state index contributed by atoms with van der Waals surface area (Å²) < 4.78 is 93.0. The third kappa shape index (κ3) is 8.06. The van der Waals surface area contributed by atoms with E-state index in [0.29, 0.717) is 0 Å². The average Bonchev–Trinajstić information content (AvgIpc) is 2.82. The van der Waals surface area contributed by atoms with E-state index in [-0.39, 0.29) is 46.7 Å². The Morgan fingerprint density at radius 1 is 1.05 bits per heavy atom. The van der Waals surface area contributed by atoms with Crippen LogP contribution in [0.5, 0.6) is 0 Å². The molecule has 0 saturated heterocycles. The summed E-state index contributed by atoms with van der Waals surface area (Å²) in [5.74, 6) is -1.99. The molecule has 1 aromatic heterocycles. The van der Waals surface area contributed by atoms with Crippen LogP contribution in [-0.2, 0) is 33.5 Å². The maximum absolute atomic E-state index is 13.5. The zero-order valence-corrected chi connectivity index (χ0v) is 21.0. The van der Waals surface area contributed by atoms with Gasteiger partial charge in [-0.15, -0.1) is 9.45 Å². The number of sulfone groups is 1. The number of azo groups is 1. The smallest absolute Gasteiger partial charge is 0.313 e. The second-order valence-electron chi connectivity index (χ2n) is 6.90. The molecule has 15 nitrogen and oxygen atoms in total. The maximum Gasteiger partial charge on any atom is 0.313 e. The van der Waals surface area contributed by atoms with E-state index in [1.165, 1.54) is 24.3 Å². The monoisotopic (exact) mass is 594 g/mol. The first-order valence-corrected chi connectivity index (χ1v) is 13.5. The summed E-state index contributed by atoms with van der Waals surface area (Å²) in [6.45, 7) is -0.291. The largest absolute Gasteiger partial charge is 0.398 e. The van der Waals surface area contributed by atoms with Gasteiger partial charge in [-0.05, 0) is 36.4 Å². The van der Waals surface area contributed by atoms with Crippen molar-refractivity contribution in [1.82, 2.24) is 9.97 Å². The number of hydrogen-bond acceptors (Lipinski definition) is 15. The van der Waals surface area contributed by atoms with Crippen LogP contribution in [0.25, 0.3) is 0 Å². The van der Waals surface area contributed by atoms with Crippen molar-refractivity contribution in [3.63, 3.8) is 0 Å². The minimum atomic E-state index is -4.78. The molecule has 0 saturated carbocycles. The Morgan fingerprint density at radius 3 is 2.39 bits per heavy atom. The second kappa shape index (κ2) is 12.4. The first-order valence-electron chi connectivity index (χ1n) is 9.78. The van der Waals surface area contributed by atoms with Gasteiger partial charge in [0.25, 0.3) is 10.1 Å². The Morgan fingerprint density at radius 2 is 1.76 bits per heavy atom. The van der Waals surface area contributed by atoms with E-state index < -0.39 is 48.3 Å². The summed E-state index contributed by atoms with van der Waals surface area (Å²) >= 11 is 0.228. The molecular formula is C18H16F2N6O9S3. The molecular weight excluding hydrogens is 578 g/mol. The number of nitrogens with two attached hydrogens (primary N) is 1. The number of nitrogens with one attached hydrogen (secondary N) is 1. The van der Waals surface area contributed by atoms with Crippen molar-refractivity contribution in [3.8, 4) is 0 Å². The summed E-state index contributed by atoms with van der Waals surface area (Å²) in [5, 5.41) is 21.5. The molecule has 3 rings (SSSR count). The molecule has 0 atom stereocenters. The molecule has 0 aliphatic rings. The molecule has 0 amide bonds. The normalized spacial score (nSPS) is 12.2. The van der Waals surface area contributed by atoms with E-state index in [4.69, 9.17) is 15.2 Å². The third-order valence-electron chi connectivity index (χ3n) is 4.35. The molecule has 204 valence electrons. The van der Waals surface area contributed by atoms with Crippen LogP contribution in [-0.4, -0.2) is 49.0 Å². The lowest BCUT2D eigenvalue weighted by Gasteiger charge is -2.11. The van der Waals surface area contributed by atoms with Gasteiger partial charge in [0.05, 0.1) is 34.3 Å². The molecule has 0 unspecified atom stereocenters. The lowest BCUT2D eigenvalue weighted by molar-refractivity contribution is -0.434. The Hall–Kier alpha value is -3.37. The predicted molar refractivity (Wildman–Crippen MR) is 127 cm³/mol. The molecule has 3 aromatic rings. The van der Waals surface area contributed by atoms with E-state index in [1.54, 1.807) is 0 Å². The number of nitrogen functional groups attached to an aromatic ring is 1. The van der Waals surface area contributed by atoms with Crippen LogP contribution in [0.15, 0.2) is 62.5 Å². The summed E-state index contributed by atoms with van der Waals surface area (Å²) in [6.07, 6.45) is -1.38. The van der Waals surface area contributed by atoms with Gasteiger partial charge in [-0.3, -0.25) is 8.74 Å². The van der Waals surface area contributed by atoms with Gasteiger partial charge < -0.3 is 11.1 Å². The maximum atomic E-state index is 13.5.